The van der Waals surface area contributed by atoms with E-state index in [9.17, 15) is 0 Å². The van der Waals surface area contributed by atoms with Gasteiger partial charge < -0.3 is 5.32 Å². The molecule has 0 aromatic rings. The molecule has 0 fully saturated rings. The summed E-state index contributed by atoms with van der Waals surface area (Å²) in [4.78, 5) is 3.95. The van der Waals surface area contributed by atoms with Gasteiger partial charge in [0.15, 0.2) is 4.17 Å². The van der Waals surface area contributed by atoms with Crippen molar-refractivity contribution in [3.63, 3.8) is 0 Å². The second-order valence-electron chi connectivity index (χ2n) is 1.47. The van der Waals surface area contributed by atoms with Crippen molar-refractivity contribution in [2.45, 2.75) is 4.17 Å². The van der Waals surface area contributed by atoms with Crippen molar-refractivity contribution in [1.82, 2.24) is 5.32 Å². The molecule has 0 aliphatic carbocycles. The Kier molecular flexibility index (Phi) is 2.05. The maximum Gasteiger partial charge on any atom is 0.171 e. The third kappa shape index (κ3) is 1.68. The van der Waals surface area contributed by atoms with Crippen LogP contribution in [0.2, 0.25) is 0 Å². The fourth-order valence-corrected chi connectivity index (χ4v) is 0.998. The highest BCUT2D eigenvalue weighted by molar-refractivity contribution is 14.1. The van der Waals surface area contributed by atoms with Crippen molar-refractivity contribution >= 4 is 28.8 Å². The van der Waals surface area contributed by atoms with Crippen LogP contribution >= 0.6 is 22.6 Å². The highest BCUT2D eigenvalue weighted by Crippen LogP contribution is 2.03. The van der Waals surface area contributed by atoms with Gasteiger partial charge in [-0.05, 0) is 28.7 Å². The predicted octanol–water partition coefficient (Wildman–Crippen LogP) is 0.786. The van der Waals surface area contributed by atoms with Gasteiger partial charge in [-0.2, -0.15) is 5.26 Å². The lowest BCUT2D eigenvalue weighted by atomic mass is 10.4. The molecule has 46 valence electrons. The fraction of sp³-hybridized carbons (Fsp3) is 0.200. The maximum atomic E-state index is 8.36. The standard InChI is InChI=1S/C5H4IN3/c6-5-8-2-1-4(3-7)9-5/h1-2,5,9H. The Morgan fingerprint density at radius 2 is 2.67 bits per heavy atom. The smallest absolute Gasteiger partial charge is 0.171 e. The van der Waals surface area contributed by atoms with Crippen LogP contribution in [0.5, 0.6) is 0 Å². The van der Waals surface area contributed by atoms with E-state index in [0.29, 0.717) is 5.70 Å². The van der Waals surface area contributed by atoms with Crippen LogP contribution in [0.1, 0.15) is 0 Å². The Bertz CT molecular complexity index is 201. The number of rotatable bonds is 0. The normalized spacial score (nSPS) is 24.0. The summed E-state index contributed by atoms with van der Waals surface area (Å²) in [6.45, 7) is 0. The van der Waals surface area contributed by atoms with E-state index in [1.165, 1.54) is 0 Å². The summed E-state index contributed by atoms with van der Waals surface area (Å²) in [6.07, 6.45) is 3.28. The first-order chi connectivity index (χ1) is 4.33. The summed E-state index contributed by atoms with van der Waals surface area (Å²) in [7, 11) is 0. The third-order valence-electron chi connectivity index (χ3n) is 0.853. The SMILES string of the molecule is N#CC1=CC=NC(I)N1. The molecule has 0 saturated heterocycles. The number of allylic oxidation sites excluding steroid dienone is 2. The highest BCUT2D eigenvalue weighted by atomic mass is 127. The van der Waals surface area contributed by atoms with Crippen molar-refractivity contribution in [1.29, 1.82) is 5.26 Å². The number of nitrogens with one attached hydrogen (secondary N) is 1. The molecule has 1 aliphatic rings. The second-order valence-corrected chi connectivity index (χ2v) is 2.65. The number of hydrogen-bond donors (Lipinski definition) is 1. The van der Waals surface area contributed by atoms with E-state index in [1.54, 1.807) is 12.3 Å². The van der Waals surface area contributed by atoms with Gasteiger partial charge in [-0.1, -0.05) is 0 Å². The zero-order valence-electron chi connectivity index (χ0n) is 4.50. The second kappa shape index (κ2) is 2.82. The van der Waals surface area contributed by atoms with E-state index >= 15 is 0 Å². The molecule has 0 saturated carbocycles. The van der Waals surface area contributed by atoms with Gasteiger partial charge in [0.25, 0.3) is 0 Å². The van der Waals surface area contributed by atoms with Gasteiger partial charge in [0.1, 0.15) is 11.8 Å². The molecule has 1 aliphatic heterocycles. The van der Waals surface area contributed by atoms with E-state index in [4.69, 9.17) is 5.26 Å². The maximum absolute atomic E-state index is 8.36. The topological polar surface area (TPSA) is 48.2 Å². The average Bonchev–Trinajstić information content (AvgIpc) is 1.88. The monoisotopic (exact) mass is 233 g/mol. The molecule has 9 heavy (non-hydrogen) atoms. The molecule has 1 unspecified atom stereocenters. The number of nitrogens with zero attached hydrogens (tertiary/aromatic N) is 2. The van der Waals surface area contributed by atoms with Crippen molar-refractivity contribution in [2.75, 3.05) is 0 Å². The summed E-state index contributed by atoms with van der Waals surface area (Å²) in [5, 5.41) is 11.2. The molecule has 3 nitrogen and oxygen atoms in total. The summed E-state index contributed by atoms with van der Waals surface area (Å²) in [5.74, 6) is 0. The molecule has 1 atom stereocenters. The molecule has 0 aromatic heterocycles. The summed E-state index contributed by atoms with van der Waals surface area (Å²) >= 11 is 2.09. The van der Waals surface area contributed by atoms with Gasteiger partial charge in [-0.25, -0.2) is 0 Å². The Morgan fingerprint density at radius 1 is 1.89 bits per heavy atom. The first-order valence-electron chi connectivity index (χ1n) is 2.37. The van der Waals surface area contributed by atoms with Crippen LogP contribution in [0.3, 0.4) is 0 Å². The number of hydrogen-bond acceptors (Lipinski definition) is 3. The first-order valence-corrected chi connectivity index (χ1v) is 3.61. The van der Waals surface area contributed by atoms with Crippen LogP contribution in [-0.2, 0) is 0 Å². The van der Waals surface area contributed by atoms with Gasteiger partial charge in [0, 0.05) is 6.21 Å². The number of aliphatic imine (C=N–C) groups is 1. The van der Waals surface area contributed by atoms with Gasteiger partial charge in [0.2, 0.25) is 0 Å². The number of alkyl halides is 1. The zero-order chi connectivity index (χ0) is 6.69. The average molecular weight is 233 g/mol. The van der Waals surface area contributed by atoms with Crippen molar-refractivity contribution in [3.8, 4) is 6.07 Å². The van der Waals surface area contributed by atoms with Crippen molar-refractivity contribution in [2.24, 2.45) is 4.99 Å². The Hall–Kier alpha value is -0.570. The molecular formula is C5H4IN3. The first kappa shape index (κ1) is 6.55. The molecule has 1 rings (SSSR count). The van der Waals surface area contributed by atoms with Gasteiger partial charge in [0.05, 0.1) is 0 Å². The zero-order valence-corrected chi connectivity index (χ0v) is 6.66. The Labute approximate surface area is 66.6 Å². The number of nitriles is 1. The summed E-state index contributed by atoms with van der Waals surface area (Å²) < 4.78 is 0.0160. The lowest BCUT2D eigenvalue weighted by Gasteiger charge is -2.09. The fourth-order valence-electron chi connectivity index (χ4n) is 0.476. The Morgan fingerprint density at radius 3 is 3.11 bits per heavy atom. The number of halogens is 1. The minimum absolute atomic E-state index is 0.0160. The third-order valence-corrected chi connectivity index (χ3v) is 1.49. The Balaban J connectivity index is 2.69. The molecule has 4 heteroatoms. The molecule has 0 spiro atoms. The van der Waals surface area contributed by atoms with Gasteiger partial charge in [-0.3, -0.25) is 4.99 Å². The minimum atomic E-state index is 0.0160. The van der Waals surface area contributed by atoms with Crippen LogP contribution in [0, 0.1) is 11.3 Å². The highest BCUT2D eigenvalue weighted by Gasteiger charge is 2.03. The van der Waals surface area contributed by atoms with Crippen LogP contribution in [0.4, 0.5) is 0 Å². The quantitative estimate of drug-likeness (QED) is 0.382. The minimum Gasteiger partial charge on any atom is -0.347 e. The van der Waals surface area contributed by atoms with E-state index in [-0.39, 0.29) is 4.17 Å². The van der Waals surface area contributed by atoms with E-state index in [0.717, 1.165) is 0 Å². The van der Waals surface area contributed by atoms with Crippen molar-refractivity contribution < 1.29 is 0 Å². The van der Waals surface area contributed by atoms with Crippen LogP contribution in [-0.4, -0.2) is 10.4 Å². The molecule has 0 bridgehead atoms. The van der Waals surface area contributed by atoms with E-state index in [2.05, 4.69) is 32.9 Å². The van der Waals surface area contributed by atoms with Crippen LogP contribution in [0.15, 0.2) is 16.8 Å². The predicted molar refractivity (Wildman–Crippen MR) is 43.1 cm³/mol. The summed E-state index contributed by atoms with van der Waals surface area (Å²) in [5.41, 5.74) is 0.574. The lowest BCUT2D eigenvalue weighted by Crippen LogP contribution is -2.22. The van der Waals surface area contributed by atoms with Crippen LogP contribution in [0.25, 0.3) is 0 Å². The van der Waals surface area contributed by atoms with Crippen LogP contribution < -0.4 is 5.32 Å². The molecule has 0 radical (unpaired) electrons. The molecular weight excluding hydrogens is 229 g/mol. The molecule has 0 amide bonds. The lowest BCUT2D eigenvalue weighted by molar-refractivity contribution is 0.817. The van der Waals surface area contributed by atoms with E-state index < -0.39 is 0 Å². The summed E-state index contributed by atoms with van der Waals surface area (Å²) in [6, 6.07) is 1.99. The molecule has 0 aromatic carbocycles. The van der Waals surface area contributed by atoms with E-state index in [1.807, 2.05) is 6.07 Å². The molecule has 1 heterocycles. The molecule has 1 N–H and O–H groups in total. The largest absolute Gasteiger partial charge is 0.347 e. The van der Waals surface area contributed by atoms with Gasteiger partial charge in [-0.15, -0.1) is 0 Å². The van der Waals surface area contributed by atoms with Crippen molar-refractivity contribution in [3.05, 3.63) is 11.8 Å². The van der Waals surface area contributed by atoms with Gasteiger partial charge >= 0.3 is 0 Å².